The number of hydrogen-bond acceptors (Lipinski definition) is 3. The van der Waals surface area contributed by atoms with E-state index in [4.69, 9.17) is 5.11 Å². The first kappa shape index (κ1) is 16.9. The Morgan fingerprint density at radius 2 is 2.00 bits per heavy atom. The number of aromatic nitrogens is 1. The number of benzene rings is 1. The maximum absolute atomic E-state index is 13.9. The van der Waals surface area contributed by atoms with Gasteiger partial charge >= 0.3 is 6.09 Å². The van der Waals surface area contributed by atoms with Crippen molar-refractivity contribution in [3.63, 3.8) is 0 Å². The number of carbonyl (C=O) groups excluding carboxylic acids is 1. The number of piperidine rings is 1. The van der Waals surface area contributed by atoms with Crippen LogP contribution in [0, 0.1) is 11.2 Å². The van der Waals surface area contributed by atoms with E-state index < -0.39 is 11.5 Å². The summed E-state index contributed by atoms with van der Waals surface area (Å²) in [5.41, 5.74) is 1.51. The number of carbonyl (C=O) groups is 2. The minimum atomic E-state index is -0.883. The standard InChI is InChI=1S/C19H17BrFN3O3/c20-11-5-10-13(6-12(11)21)22-7-14-15(10)19(16(25)23-14)8-18(9-19)1-3-24(4-2-18)17(26)27/h5-7H,1-4,8-9H2,(H,23,25)(H,26,27). The third-order valence-electron chi connectivity index (χ3n) is 6.52. The fraction of sp³-hybridized carbons (Fsp3) is 0.421. The highest BCUT2D eigenvalue weighted by Crippen LogP contribution is 2.64. The number of anilines is 1. The van der Waals surface area contributed by atoms with E-state index in [1.165, 1.54) is 11.0 Å². The van der Waals surface area contributed by atoms with E-state index in [1.807, 2.05) is 0 Å². The van der Waals surface area contributed by atoms with Gasteiger partial charge in [0.1, 0.15) is 5.82 Å². The summed E-state index contributed by atoms with van der Waals surface area (Å²) in [6, 6.07) is 3.09. The van der Waals surface area contributed by atoms with Gasteiger partial charge in [0.2, 0.25) is 5.91 Å². The average Bonchev–Trinajstić information content (AvgIpc) is 2.89. The van der Waals surface area contributed by atoms with Crippen molar-refractivity contribution in [2.24, 2.45) is 5.41 Å². The van der Waals surface area contributed by atoms with Gasteiger partial charge in [-0.05, 0) is 53.1 Å². The molecule has 2 aromatic rings. The molecule has 8 heteroatoms. The van der Waals surface area contributed by atoms with E-state index in [0.29, 0.717) is 41.6 Å². The van der Waals surface area contributed by atoms with E-state index in [9.17, 15) is 14.0 Å². The van der Waals surface area contributed by atoms with Crippen molar-refractivity contribution in [3.8, 4) is 0 Å². The summed E-state index contributed by atoms with van der Waals surface area (Å²) < 4.78 is 14.3. The molecule has 0 bridgehead atoms. The lowest BCUT2D eigenvalue weighted by atomic mass is 9.47. The zero-order valence-electron chi connectivity index (χ0n) is 14.4. The largest absolute Gasteiger partial charge is 0.465 e. The SMILES string of the molecule is O=C(O)N1CCC2(CC1)CC1(C2)C(=O)Nc2cnc3cc(F)c(Br)cc3c21. The van der Waals surface area contributed by atoms with Crippen LogP contribution in [-0.2, 0) is 10.2 Å². The van der Waals surface area contributed by atoms with Gasteiger partial charge in [0.05, 0.1) is 27.3 Å². The zero-order chi connectivity index (χ0) is 19.0. The first-order valence-corrected chi connectivity index (χ1v) is 9.71. The molecular weight excluding hydrogens is 417 g/mol. The van der Waals surface area contributed by atoms with Gasteiger partial charge in [-0.1, -0.05) is 0 Å². The highest BCUT2D eigenvalue weighted by Gasteiger charge is 2.63. The van der Waals surface area contributed by atoms with E-state index in [1.54, 1.807) is 12.3 Å². The Hall–Kier alpha value is -2.22. The number of pyridine rings is 1. The monoisotopic (exact) mass is 433 g/mol. The van der Waals surface area contributed by atoms with Gasteiger partial charge in [-0.15, -0.1) is 0 Å². The molecular formula is C19H17BrFN3O3. The van der Waals surface area contributed by atoms with Crippen LogP contribution in [0.5, 0.6) is 0 Å². The minimum Gasteiger partial charge on any atom is -0.465 e. The molecule has 5 rings (SSSR count). The minimum absolute atomic E-state index is 0.00223. The fourth-order valence-corrected chi connectivity index (χ4v) is 5.59. The Balaban J connectivity index is 1.54. The highest BCUT2D eigenvalue weighted by atomic mass is 79.9. The lowest BCUT2D eigenvalue weighted by molar-refractivity contribution is -0.132. The summed E-state index contributed by atoms with van der Waals surface area (Å²) >= 11 is 3.24. The van der Waals surface area contributed by atoms with Gasteiger partial charge in [0.25, 0.3) is 0 Å². The van der Waals surface area contributed by atoms with Gasteiger partial charge in [-0.25, -0.2) is 9.18 Å². The first-order valence-electron chi connectivity index (χ1n) is 8.91. The molecule has 140 valence electrons. The molecule has 3 aliphatic rings. The van der Waals surface area contributed by atoms with Gasteiger partial charge in [-0.3, -0.25) is 9.78 Å². The number of hydrogen-bond donors (Lipinski definition) is 2. The Kier molecular flexibility index (Phi) is 3.39. The molecule has 1 saturated heterocycles. The summed E-state index contributed by atoms with van der Waals surface area (Å²) in [6.45, 7) is 1.02. The molecule has 27 heavy (non-hydrogen) atoms. The number of rotatable bonds is 0. The summed E-state index contributed by atoms with van der Waals surface area (Å²) in [5.74, 6) is -0.411. The molecule has 1 saturated carbocycles. The number of likely N-dealkylation sites (tertiary alicyclic amines) is 1. The molecule has 2 amide bonds. The Morgan fingerprint density at radius 1 is 1.30 bits per heavy atom. The second kappa shape index (κ2) is 5.41. The van der Waals surface area contributed by atoms with Crippen LogP contribution in [-0.4, -0.2) is 40.1 Å². The molecule has 1 aliphatic carbocycles. The Bertz CT molecular complexity index is 1010. The quantitative estimate of drug-likeness (QED) is 0.660. The Morgan fingerprint density at radius 3 is 2.67 bits per heavy atom. The molecule has 2 spiro atoms. The predicted molar refractivity (Wildman–Crippen MR) is 100 cm³/mol. The topological polar surface area (TPSA) is 82.5 Å². The van der Waals surface area contributed by atoms with E-state index >= 15 is 0 Å². The van der Waals surface area contributed by atoms with Gasteiger partial charge in [0, 0.05) is 30.1 Å². The van der Waals surface area contributed by atoms with Crippen molar-refractivity contribution in [1.29, 1.82) is 0 Å². The van der Waals surface area contributed by atoms with Crippen LogP contribution in [0.4, 0.5) is 14.9 Å². The normalized spacial score (nSPS) is 22.0. The fourth-order valence-electron chi connectivity index (χ4n) is 5.24. The molecule has 0 unspecified atom stereocenters. The molecule has 3 heterocycles. The molecule has 2 fully saturated rings. The first-order chi connectivity index (χ1) is 12.8. The summed E-state index contributed by atoms with van der Waals surface area (Å²) in [7, 11) is 0. The smallest absolute Gasteiger partial charge is 0.407 e. The maximum atomic E-state index is 13.9. The molecule has 1 aromatic heterocycles. The molecule has 2 aliphatic heterocycles. The van der Waals surface area contributed by atoms with Crippen molar-refractivity contribution < 1.29 is 19.1 Å². The molecule has 0 radical (unpaired) electrons. The number of nitrogens with one attached hydrogen (secondary N) is 1. The number of fused-ring (bicyclic) bond motifs is 4. The third kappa shape index (κ3) is 2.25. The maximum Gasteiger partial charge on any atom is 0.407 e. The predicted octanol–water partition coefficient (Wildman–Crippen LogP) is 3.88. The second-order valence-corrected chi connectivity index (χ2v) is 8.84. The summed E-state index contributed by atoms with van der Waals surface area (Å²) in [5, 5.41) is 12.9. The summed E-state index contributed by atoms with van der Waals surface area (Å²) in [6.07, 6.45) is 3.65. The molecule has 0 atom stereocenters. The van der Waals surface area contributed by atoms with Crippen LogP contribution in [0.15, 0.2) is 22.8 Å². The van der Waals surface area contributed by atoms with Crippen molar-refractivity contribution in [2.45, 2.75) is 31.1 Å². The molecule has 2 N–H and O–H groups in total. The van der Waals surface area contributed by atoms with Crippen molar-refractivity contribution in [2.75, 3.05) is 18.4 Å². The van der Waals surface area contributed by atoms with Crippen LogP contribution in [0.3, 0.4) is 0 Å². The third-order valence-corrected chi connectivity index (χ3v) is 7.13. The van der Waals surface area contributed by atoms with Crippen LogP contribution < -0.4 is 5.32 Å². The van der Waals surface area contributed by atoms with Crippen LogP contribution in [0.2, 0.25) is 0 Å². The van der Waals surface area contributed by atoms with Crippen LogP contribution in [0.1, 0.15) is 31.2 Å². The van der Waals surface area contributed by atoms with E-state index in [2.05, 4.69) is 26.2 Å². The average molecular weight is 434 g/mol. The van der Waals surface area contributed by atoms with Gasteiger partial charge in [-0.2, -0.15) is 0 Å². The van der Waals surface area contributed by atoms with Crippen molar-refractivity contribution >= 4 is 44.5 Å². The number of amides is 2. The van der Waals surface area contributed by atoms with Gasteiger partial charge < -0.3 is 15.3 Å². The lowest BCUT2D eigenvalue weighted by Crippen LogP contribution is -2.57. The van der Waals surface area contributed by atoms with Gasteiger partial charge in [0.15, 0.2) is 0 Å². The number of nitrogens with zero attached hydrogens (tertiary/aromatic N) is 2. The second-order valence-electron chi connectivity index (χ2n) is 7.99. The zero-order valence-corrected chi connectivity index (χ0v) is 16.0. The van der Waals surface area contributed by atoms with E-state index in [0.717, 1.165) is 23.8 Å². The Labute approximate surface area is 162 Å². The van der Waals surface area contributed by atoms with Crippen molar-refractivity contribution in [3.05, 3.63) is 34.2 Å². The van der Waals surface area contributed by atoms with E-state index in [-0.39, 0.29) is 17.1 Å². The molecule has 1 aromatic carbocycles. The van der Waals surface area contributed by atoms with Crippen LogP contribution in [0.25, 0.3) is 10.9 Å². The number of halogens is 2. The molecule has 6 nitrogen and oxygen atoms in total. The highest BCUT2D eigenvalue weighted by molar-refractivity contribution is 9.10. The van der Waals surface area contributed by atoms with Crippen LogP contribution >= 0.6 is 15.9 Å². The number of carboxylic acid groups (broad SMARTS) is 1. The van der Waals surface area contributed by atoms with Crippen molar-refractivity contribution in [1.82, 2.24) is 9.88 Å². The summed E-state index contributed by atoms with van der Waals surface area (Å²) in [4.78, 5) is 29.8. The lowest BCUT2D eigenvalue weighted by Gasteiger charge is -2.56.